The van der Waals surface area contributed by atoms with Crippen LogP contribution >= 0.6 is 11.3 Å². The lowest BCUT2D eigenvalue weighted by Crippen LogP contribution is -2.01. The van der Waals surface area contributed by atoms with Gasteiger partial charge in [-0.05, 0) is 69.4 Å². The third-order valence-corrected chi connectivity index (χ3v) is 11.5. The van der Waals surface area contributed by atoms with Crippen molar-refractivity contribution < 1.29 is 4.42 Å². The quantitative estimate of drug-likeness (QED) is 0.179. The summed E-state index contributed by atoms with van der Waals surface area (Å²) < 4.78 is 8.65. The second-order valence-corrected chi connectivity index (χ2v) is 14.7. The number of fused-ring (bicyclic) bond motifs is 7. The first kappa shape index (κ1) is 30.7. The molecule has 0 fully saturated rings. The molecule has 5 heteroatoms. The maximum absolute atomic E-state index is 6.20. The van der Waals surface area contributed by atoms with Crippen LogP contribution in [0, 0.1) is 0 Å². The van der Waals surface area contributed by atoms with Crippen molar-refractivity contribution in [3.63, 3.8) is 0 Å². The second-order valence-electron chi connectivity index (χ2n) is 13.6. The van der Waals surface area contributed by atoms with E-state index in [0.29, 0.717) is 17.5 Å². The average molecular weight is 708 g/mol. The van der Waals surface area contributed by atoms with E-state index in [1.54, 1.807) is 11.3 Å². The topological polar surface area (TPSA) is 51.8 Å². The lowest BCUT2D eigenvalue weighted by Gasteiger charge is -2.13. The molecule has 0 spiro atoms. The highest BCUT2D eigenvalue weighted by atomic mass is 32.1. The summed E-state index contributed by atoms with van der Waals surface area (Å²) in [4.78, 5) is 15.7. The van der Waals surface area contributed by atoms with Gasteiger partial charge in [0.25, 0.3) is 0 Å². The number of aromatic nitrogens is 3. The van der Waals surface area contributed by atoms with Crippen LogP contribution in [0.3, 0.4) is 0 Å². The van der Waals surface area contributed by atoms with Gasteiger partial charge in [0, 0.05) is 47.6 Å². The Balaban J connectivity index is 1.10. The van der Waals surface area contributed by atoms with Crippen molar-refractivity contribution in [2.75, 3.05) is 0 Å². The number of thiophene rings is 1. The maximum Gasteiger partial charge on any atom is 0.164 e. The van der Waals surface area contributed by atoms with Crippen molar-refractivity contribution in [3.05, 3.63) is 176 Å². The number of hydrogen-bond donors (Lipinski definition) is 0. The molecule has 0 aliphatic carbocycles. The van der Waals surface area contributed by atoms with Crippen LogP contribution in [0.4, 0.5) is 0 Å². The summed E-state index contributed by atoms with van der Waals surface area (Å²) in [7, 11) is 0. The molecule has 3 heterocycles. The first-order valence-corrected chi connectivity index (χ1v) is 18.8. The number of benzene rings is 8. The van der Waals surface area contributed by atoms with Crippen molar-refractivity contribution in [1.82, 2.24) is 15.0 Å². The summed E-state index contributed by atoms with van der Waals surface area (Å²) in [6.45, 7) is 0. The fraction of sp³-hybridized carbons (Fsp3) is 0. The lowest BCUT2D eigenvalue weighted by molar-refractivity contribution is 0.669. The molecule has 54 heavy (non-hydrogen) atoms. The van der Waals surface area contributed by atoms with Crippen LogP contribution in [0.1, 0.15) is 0 Å². The SMILES string of the molecule is c1ccc(-c2ccc(-c3nc(-c4ccccc4-c4ccc5cc6oc7ccccc7c6cc5c4)nc(-c4cccc5sc6ccccc6c45)n3)cc2)cc1. The summed E-state index contributed by atoms with van der Waals surface area (Å²) in [5, 5.41) is 6.89. The van der Waals surface area contributed by atoms with E-state index in [-0.39, 0.29) is 0 Å². The Morgan fingerprint density at radius 2 is 0.981 bits per heavy atom. The molecule has 8 aromatic carbocycles. The van der Waals surface area contributed by atoms with Gasteiger partial charge in [0.1, 0.15) is 11.2 Å². The standard InChI is InChI=1S/C49H29N3OS/c1-2-11-30(12-3-1)31-21-23-32(24-22-31)47-50-48(52-49(51-47)40-17-10-20-45-46(40)39-16-7-9-19-44(39)54-45)38-15-5-4-13-36(38)34-26-25-33-29-43-41(28-35(33)27-34)37-14-6-8-18-42(37)53-43/h1-29H. The van der Waals surface area contributed by atoms with Gasteiger partial charge in [-0.2, -0.15) is 0 Å². The van der Waals surface area contributed by atoms with Gasteiger partial charge in [-0.3, -0.25) is 0 Å². The van der Waals surface area contributed by atoms with Crippen molar-refractivity contribution in [3.8, 4) is 56.4 Å². The fourth-order valence-electron chi connectivity index (χ4n) is 7.71. The third kappa shape index (κ3) is 5.09. The van der Waals surface area contributed by atoms with Crippen LogP contribution in [0.25, 0.3) is 109 Å². The van der Waals surface area contributed by atoms with E-state index in [4.69, 9.17) is 19.4 Å². The molecular formula is C49H29N3OS. The zero-order valence-electron chi connectivity index (χ0n) is 28.9. The third-order valence-electron chi connectivity index (χ3n) is 10.3. The molecule has 0 aliphatic rings. The molecule has 0 amide bonds. The van der Waals surface area contributed by atoms with Crippen molar-refractivity contribution >= 4 is 64.2 Å². The van der Waals surface area contributed by atoms with Crippen LogP contribution < -0.4 is 0 Å². The first-order chi connectivity index (χ1) is 26.7. The maximum atomic E-state index is 6.20. The summed E-state index contributed by atoms with van der Waals surface area (Å²) in [6.07, 6.45) is 0. The summed E-state index contributed by atoms with van der Waals surface area (Å²) in [5.74, 6) is 1.91. The lowest BCUT2D eigenvalue weighted by atomic mass is 9.96. The Morgan fingerprint density at radius 3 is 1.85 bits per heavy atom. The number of para-hydroxylation sites is 1. The predicted octanol–water partition coefficient (Wildman–Crippen LogP) is 13.6. The van der Waals surface area contributed by atoms with Gasteiger partial charge in [0.15, 0.2) is 17.5 Å². The van der Waals surface area contributed by atoms with E-state index < -0.39 is 0 Å². The molecule has 0 saturated carbocycles. The molecule has 0 radical (unpaired) electrons. The minimum absolute atomic E-state index is 0.630. The minimum atomic E-state index is 0.630. The van der Waals surface area contributed by atoms with Crippen molar-refractivity contribution in [2.45, 2.75) is 0 Å². The average Bonchev–Trinajstić information content (AvgIpc) is 3.81. The number of hydrogen-bond acceptors (Lipinski definition) is 5. The molecule has 11 aromatic rings. The molecule has 11 rings (SSSR count). The van der Waals surface area contributed by atoms with E-state index in [2.05, 4.69) is 158 Å². The van der Waals surface area contributed by atoms with Crippen LogP contribution in [0.15, 0.2) is 180 Å². The highest BCUT2D eigenvalue weighted by Gasteiger charge is 2.19. The Hall–Kier alpha value is -6.95. The van der Waals surface area contributed by atoms with Gasteiger partial charge < -0.3 is 4.42 Å². The Kier molecular flexibility index (Phi) is 7.00. The van der Waals surface area contributed by atoms with Crippen LogP contribution in [-0.4, -0.2) is 15.0 Å². The summed E-state index contributed by atoms with van der Waals surface area (Å²) >= 11 is 1.80. The van der Waals surface area contributed by atoms with E-state index in [9.17, 15) is 0 Å². The van der Waals surface area contributed by atoms with Crippen molar-refractivity contribution in [1.29, 1.82) is 0 Å². The smallest absolute Gasteiger partial charge is 0.164 e. The Bertz CT molecular complexity index is 3220. The molecule has 0 saturated heterocycles. The van der Waals surface area contributed by atoms with Gasteiger partial charge in [0.2, 0.25) is 0 Å². The van der Waals surface area contributed by atoms with Gasteiger partial charge >= 0.3 is 0 Å². The molecule has 252 valence electrons. The number of furan rings is 1. The van der Waals surface area contributed by atoms with Crippen LogP contribution in [0.5, 0.6) is 0 Å². The molecule has 0 bridgehead atoms. The largest absolute Gasteiger partial charge is 0.456 e. The highest BCUT2D eigenvalue weighted by Crippen LogP contribution is 2.41. The second kappa shape index (κ2) is 12.3. The Morgan fingerprint density at radius 1 is 0.352 bits per heavy atom. The zero-order chi connectivity index (χ0) is 35.6. The van der Waals surface area contributed by atoms with Gasteiger partial charge in [-0.1, -0.05) is 140 Å². The van der Waals surface area contributed by atoms with E-state index in [1.165, 1.54) is 25.7 Å². The van der Waals surface area contributed by atoms with E-state index in [0.717, 1.165) is 66.1 Å². The monoisotopic (exact) mass is 707 g/mol. The molecule has 0 N–H and O–H groups in total. The van der Waals surface area contributed by atoms with Crippen molar-refractivity contribution in [2.24, 2.45) is 0 Å². The van der Waals surface area contributed by atoms with Gasteiger partial charge in [-0.25, -0.2) is 15.0 Å². The molecule has 0 aliphatic heterocycles. The summed E-state index contributed by atoms with van der Waals surface area (Å²) in [6, 6.07) is 61.6. The van der Waals surface area contributed by atoms with Gasteiger partial charge in [-0.15, -0.1) is 11.3 Å². The van der Waals surface area contributed by atoms with E-state index >= 15 is 0 Å². The highest BCUT2D eigenvalue weighted by molar-refractivity contribution is 7.25. The number of rotatable bonds is 5. The molecule has 3 aromatic heterocycles. The van der Waals surface area contributed by atoms with Crippen LogP contribution in [-0.2, 0) is 0 Å². The van der Waals surface area contributed by atoms with Crippen LogP contribution in [0.2, 0.25) is 0 Å². The molecule has 0 unspecified atom stereocenters. The molecular weight excluding hydrogens is 679 g/mol. The fourth-order valence-corrected chi connectivity index (χ4v) is 8.85. The first-order valence-electron chi connectivity index (χ1n) is 18.0. The normalized spacial score (nSPS) is 11.7. The summed E-state index contributed by atoms with van der Waals surface area (Å²) in [5.41, 5.74) is 9.12. The number of nitrogens with zero attached hydrogens (tertiary/aromatic N) is 3. The zero-order valence-corrected chi connectivity index (χ0v) is 29.7. The minimum Gasteiger partial charge on any atom is -0.456 e. The molecule has 4 nitrogen and oxygen atoms in total. The van der Waals surface area contributed by atoms with Gasteiger partial charge in [0.05, 0.1) is 0 Å². The van der Waals surface area contributed by atoms with E-state index in [1.807, 2.05) is 18.2 Å². The Labute approximate surface area is 314 Å². The molecule has 0 atom stereocenters. The predicted molar refractivity (Wildman–Crippen MR) is 225 cm³/mol.